The fourth-order valence-corrected chi connectivity index (χ4v) is 5.10. The Morgan fingerprint density at radius 1 is 0.556 bits per heavy atom. The molecule has 0 atom stereocenters. The van der Waals surface area contributed by atoms with Crippen LogP contribution in [0, 0.1) is 0 Å². The van der Waals surface area contributed by atoms with Gasteiger partial charge in [-0.2, -0.15) is 0 Å². The summed E-state index contributed by atoms with van der Waals surface area (Å²) in [6.45, 7) is 4.48. The van der Waals surface area contributed by atoms with E-state index in [4.69, 9.17) is 9.05 Å². The van der Waals surface area contributed by atoms with Gasteiger partial charge in [0.1, 0.15) is 11.5 Å². The number of benzene rings is 2. The van der Waals surface area contributed by atoms with E-state index < -0.39 is 7.82 Å². The van der Waals surface area contributed by atoms with Crippen LogP contribution in [0.1, 0.15) is 115 Å². The molecule has 0 unspecified atom stereocenters. The Labute approximate surface area is 234 Å². The zero-order valence-electron chi connectivity index (χ0n) is 22.5. The summed E-state index contributed by atoms with van der Waals surface area (Å²) in [7, 11) is -4.25. The van der Waals surface area contributed by atoms with Gasteiger partial charge in [0.2, 0.25) is 0 Å². The van der Waals surface area contributed by atoms with Crippen molar-refractivity contribution < 1.29 is 39.6 Å². The SMILES string of the molecule is CCCCCCCCCc1ccc(OP(=O)(O)Oc2ccc(CCCCCCCCC)cc2)cc1.[Mo]. The van der Waals surface area contributed by atoms with Crippen LogP contribution in [-0.4, -0.2) is 4.89 Å². The summed E-state index contributed by atoms with van der Waals surface area (Å²) >= 11 is 0. The number of aryl methyl sites for hydroxylation is 2. The summed E-state index contributed by atoms with van der Waals surface area (Å²) < 4.78 is 23.0. The van der Waals surface area contributed by atoms with Crippen LogP contribution in [0.4, 0.5) is 0 Å². The number of unbranched alkanes of at least 4 members (excludes halogenated alkanes) is 12. The van der Waals surface area contributed by atoms with Gasteiger partial charge in [0, 0.05) is 21.1 Å². The smallest absolute Gasteiger partial charge is 0.395 e. The van der Waals surface area contributed by atoms with Crippen LogP contribution in [0.5, 0.6) is 11.5 Å². The van der Waals surface area contributed by atoms with E-state index in [1.54, 1.807) is 24.3 Å². The summed E-state index contributed by atoms with van der Waals surface area (Å²) in [6.07, 6.45) is 20.1. The van der Waals surface area contributed by atoms with Gasteiger partial charge < -0.3 is 9.05 Å². The fraction of sp³-hybridized carbons (Fsp3) is 0.600. The molecule has 202 valence electrons. The van der Waals surface area contributed by atoms with Crippen molar-refractivity contribution in [1.29, 1.82) is 0 Å². The van der Waals surface area contributed by atoms with Crippen LogP contribution in [0.15, 0.2) is 48.5 Å². The zero-order chi connectivity index (χ0) is 25.2. The van der Waals surface area contributed by atoms with Crippen LogP contribution >= 0.6 is 7.82 Å². The summed E-state index contributed by atoms with van der Waals surface area (Å²) in [6, 6.07) is 14.8. The van der Waals surface area contributed by atoms with E-state index >= 15 is 0 Å². The Bertz CT molecular complexity index is 772. The van der Waals surface area contributed by atoms with Crippen LogP contribution in [0.3, 0.4) is 0 Å². The molecule has 0 radical (unpaired) electrons. The minimum atomic E-state index is -4.25. The van der Waals surface area contributed by atoms with Crippen molar-refractivity contribution in [2.24, 2.45) is 0 Å². The molecule has 0 spiro atoms. The standard InChI is InChI=1S/C30H47O4P.Mo/c1-3-5-7-9-11-13-15-17-27-19-23-29(24-20-27)33-35(31,32)34-30-25-21-28(22-26-30)18-16-14-12-10-8-6-4-2;/h19-26H,3-18H2,1-2H3,(H,31,32);. The molecule has 0 aromatic heterocycles. The first-order valence-corrected chi connectivity index (χ1v) is 15.4. The molecule has 0 saturated carbocycles. The molecule has 0 aliphatic carbocycles. The van der Waals surface area contributed by atoms with E-state index in [2.05, 4.69) is 13.8 Å². The molecule has 0 bridgehead atoms. The molecule has 0 fully saturated rings. The van der Waals surface area contributed by atoms with Gasteiger partial charge in [-0.1, -0.05) is 115 Å². The van der Waals surface area contributed by atoms with Crippen molar-refractivity contribution >= 4 is 7.82 Å². The van der Waals surface area contributed by atoms with Crippen LogP contribution < -0.4 is 9.05 Å². The third-order valence-corrected chi connectivity index (χ3v) is 7.31. The third kappa shape index (κ3) is 15.2. The van der Waals surface area contributed by atoms with Crippen LogP contribution in [-0.2, 0) is 38.5 Å². The molecule has 0 saturated heterocycles. The molecule has 0 aliphatic rings. The molecule has 6 heteroatoms. The van der Waals surface area contributed by atoms with E-state index in [1.807, 2.05) is 24.3 Å². The Balaban J connectivity index is 0.00000648. The molecule has 2 aromatic rings. The summed E-state index contributed by atoms with van der Waals surface area (Å²) in [5, 5.41) is 0. The summed E-state index contributed by atoms with van der Waals surface area (Å²) in [5.41, 5.74) is 2.44. The van der Waals surface area contributed by atoms with Crippen molar-refractivity contribution in [3.8, 4) is 11.5 Å². The number of rotatable bonds is 20. The maximum atomic E-state index is 12.5. The molecule has 2 rings (SSSR count). The average Bonchev–Trinajstić information content (AvgIpc) is 2.84. The Hall–Kier alpha value is -1.08. The Morgan fingerprint density at radius 3 is 1.19 bits per heavy atom. The zero-order valence-corrected chi connectivity index (χ0v) is 25.4. The van der Waals surface area contributed by atoms with E-state index in [1.165, 1.54) is 101 Å². The molecule has 36 heavy (non-hydrogen) atoms. The van der Waals surface area contributed by atoms with Crippen molar-refractivity contribution in [3.05, 3.63) is 59.7 Å². The molecule has 1 N–H and O–H groups in total. The number of hydrogen-bond acceptors (Lipinski definition) is 3. The molecule has 4 nitrogen and oxygen atoms in total. The second kappa shape index (κ2) is 20.0. The van der Waals surface area contributed by atoms with Crippen LogP contribution in [0.25, 0.3) is 0 Å². The van der Waals surface area contributed by atoms with Gasteiger partial charge in [-0.05, 0) is 61.1 Å². The fourth-order valence-electron chi connectivity index (χ4n) is 4.29. The van der Waals surface area contributed by atoms with Gasteiger partial charge >= 0.3 is 7.82 Å². The monoisotopic (exact) mass is 600 g/mol. The van der Waals surface area contributed by atoms with Crippen molar-refractivity contribution in [1.82, 2.24) is 0 Å². The van der Waals surface area contributed by atoms with E-state index in [0.29, 0.717) is 11.5 Å². The molecule has 0 heterocycles. The average molecular weight is 599 g/mol. The minimum absolute atomic E-state index is 0. The topological polar surface area (TPSA) is 55.8 Å². The number of hydrogen-bond donors (Lipinski definition) is 1. The first kappa shape index (κ1) is 32.9. The minimum Gasteiger partial charge on any atom is -0.395 e. The quantitative estimate of drug-likeness (QED) is 0.0937. The predicted octanol–water partition coefficient (Wildman–Crippen LogP) is 9.83. The molecular weight excluding hydrogens is 551 g/mol. The second-order valence-corrected chi connectivity index (χ2v) is 11.0. The maximum absolute atomic E-state index is 12.5. The first-order valence-electron chi connectivity index (χ1n) is 13.9. The molecule has 0 aliphatic heterocycles. The van der Waals surface area contributed by atoms with Gasteiger partial charge in [0.05, 0.1) is 0 Å². The van der Waals surface area contributed by atoms with Crippen molar-refractivity contribution in [2.45, 2.75) is 117 Å². The second-order valence-electron chi connectivity index (χ2n) is 9.68. The molecule has 2 aromatic carbocycles. The van der Waals surface area contributed by atoms with Gasteiger partial charge in [0.25, 0.3) is 0 Å². The normalized spacial score (nSPS) is 11.2. The van der Waals surface area contributed by atoms with E-state index in [9.17, 15) is 9.46 Å². The molecule has 0 amide bonds. The van der Waals surface area contributed by atoms with Crippen molar-refractivity contribution in [2.75, 3.05) is 0 Å². The first-order chi connectivity index (χ1) is 17.0. The maximum Gasteiger partial charge on any atom is 0.584 e. The van der Waals surface area contributed by atoms with Crippen LogP contribution in [0.2, 0.25) is 0 Å². The Morgan fingerprint density at radius 2 is 0.861 bits per heavy atom. The van der Waals surface area contributed by atoms with E-state index in [-0.39, 0.29) is 21.1 Å². The number of phosphoric ester groups is 1. The number of phosphoric acid groups is 1. The third-order valence-electron chi connectivity index (χ3n) is 6.43. The Kier molecular flexibility index (Phi) is 18.3. The van der Waals surface area contributed by atoms with E-state index in [0.717, 1.165) is 12.8 Å². The summed E-state index contributed by atoms with van der Waals surface area (Å²) in [4.78, 5) is 10.2. The van der Waals surface area contributed by atoms with Gasteiger partial charge in [-0.15, -0.1) is 0 Å². The predicted molar refractivity (Wildman–Crippen MR) is 147 cm³/mol. The van der Waals surface area contributed by atoms with Gasteiger partial charge in [-0.25, -0.2) is 4.57 Å². The van der Waals surface area contributed by atoms with Crippen molar-refractivity contribution in [3.63, 3.8) is 0 Å². The van der Waals surface area contributed by atoms with Gasteiger partial charge in [0.15, 0.2) is 0 Å². The summed E-state index contributed by atoms with van der Waals surface area (Å²) in [5.74, 6) is 0.685. The molecular formula is C30H47MoO4P. The van der Waals surface area contributed by atoms with Gasteiger partial charge in [-0.3, -0.25) is 4.89 Å². The largest absolute Gasteiger partial charge is 0.584 e.